The Balaban J connectivity index is 2.39. The van der Waals surface area contributed by atoms with Gasteiger partial charge >= 0.3 is 0 Å². The Kier molecular flexibility index (Phi) is 9.14. The summed E-state index contributed by atoms with van der Waals surface area (Å²) in [6.07, 6.45) is 1.04. The molecule has 0 heterocycles. The topological polar surface area (TPSA) is 105 Å². The fourth-order valence-corrected chi connectivity index (χ4v) is 4.20. The Morgan fingerprint density at radius 3 is 1.86 bits per heavy atom. The molecule has 0 aliphatic rings. The molecule has 0 aromatic heterocycles. The molecule has 2 amide bonds. The summed E-state index contributed by atoms with van der Waals surface area (Å²) in [5.41, 5.74) is 0.588. The van der Waals surface area contributed by atoms with Gasteiger partial charge in [0.25, 0.3) is 0 Å². The van der Waals surface area contributed by atoms with Crippen LogP contribution < -0.4 is 19.1 Å². The highest BCUT2D eigenvalue weighted by Gasteiger charge is 2.31. The van der Waals surface area contributed by atoms with Crippen LogP contribution in [0.25, 0.3) is 0 Å². The normalized spacial score (nSPS) is 12.4. The fourth-order valence-electron chi connectivity index (χ4n) is 3.35. The first-order valence-corrected chi connectivity index (χ1v) is 13.0. The minimum absolute atomic E-state index is 0.113. The van der Waals surface area contributed by atoms with Gasteiger partial charge in [-0.3, -0.25) is 13.9 Å². The molecule has 0 radical (unpaired) electrons. The molecule has 0 bridgehead atoms. The third-order valence-electron chi connectivity index (χ3n) is 5.22. The Hall–Kier alpha value is -3.27. The summed E-state index contributed by atoms with van der Waals surface area (Å²) in [4.78, 5) is 27.9. The number of nitrogens with zero attached hydrogens (tertiary/aromatic N) is 2. The van der Waals surface area contributed by atoms with Crippen LogP contribution in [0.3, 0.4) is 0 Å². The van der Waals surface area contributed by atoms with Gasteiger partial charge in [-0.2, -0.15) is 0 Å². The van der Waals surface area contributed by atoms with Crippen molar-refractivity contribution in [3.63, 3.8) is 0 Å². The minimum Gasteiger partial charge on any atom is -0.497 e. The van der Waals surface area contributed by atoms with Gasteiger partial charge in [0, 0.05) is 12.1 Å². The number of nitrogens with one attached hydrogen (secondary N) is 1. The summed E-state index contributed by atoms with van der Waals surface area (Å²) in [5.74, 6) is 0.364. The number of amides is 2. The molecule has 0 aliphatic carbocycles. The third-order valence-corrected chi connectivity index (χ3v) is 6.36. The zero-order valence-electron chi connectivity index (χ0n) is 21.4. The number of carbonyl (C=O) groups is 2. The summed E-state index contributed by atoms with van der Waals surface area (Å²) in [6, 6.07) is 12.6. The second-order valence-corrected chi connectivity index (χ2v) is 11.2. The third kappa shape index (κ3) is 8.17. The molecule has 1 atom stereocenters. The first-order valence-electron chi connectivity index (χ1n) is 11.1. The molecule has 0 aliphatic heterocycles. The van der Waals surface area contributed by atoms with Crippen molar-refractivity contribution >= 4 is 27.5 Å². The number of sulfonamides is 1. The quantitative estimate of drug-likeness (QED) is 0.532. The lowest BCUT2D eigenvalue weighted by atomic mass is 10.1. The molecule has 2 rings (SSSR count). The van der Waals surface area contributed by atoms with Gasteiger partial charge in [-0.05, 0) is 69.7 Å². The van der Waals surface area contributed by atoms with Crippen LogP contribution >= 0.6 is 0 Å². The average Bonchev–Trinajstić information content (AvgIpc) is 2.79. The van der Waals surface area contributed by atoms with Crippen molar-refractivity contribution in [2.45, 2.75) is 45.8 Å². The molecule has 9 nitrogen and oxygen atoms in total. The number of hydrogen-bond acceptors (Lipinski definition) is 6. The maximum Gasteiger partial charge on any atom is 0.244 e. The monoisotopic (exact) mass is 505 g/mol. The molecular formula is C25H35N3O6S. The maximum atomic E-state index is 13.5. The van der Waals surface area contributed by atoms with Crippen molar-refractivity contribution < 1.29 is 27.5 Å². The molecule has 1 N–H and O–H groups in total. The van der Waals surface area contributed by atoms with Crippen LogP contribution in [0, 0.1) is 0 Å². The van der Waals surface area contributed by atoms with Crippen molar-refractivity contribution in [1.29, 1.82) is 0 Å². The lowest BCUT2D eigenvalue weighted by Gasteiger charge is -2.33. The van der Waals surface area contributed by atoms with Gasteiger partial charge in [0.2, 0.25) is 21.8 Å². The molecule has 0 unspecified atom stereocenters. The first-order chi connectivity index (χ1) is 16.2. The van der Waals surface area contributed by atoms with E-state index in [0.29, 0.717) is 17.2 Å². The second-order valence-electron chi connectivity index (χ2n) is 9.25. The molecule has 2 aromatic rings. The fraction of sp³-hybridized carbons (Fsp3) is 0.440. The van der Waals surface area contributed by atoms with Crippen LogP contribution in [-0.4, -0.2) is 63.7 Å². The van der Waals surface area contributed by atoms with Gasteiger partial charge in [0.1, 0.15) is 24.1 Å². The van der Waals surface area contributed by atoms with Crippen LogP contribution in [0.15, 0.2) is 48.5 Å². The Morgan fingerprint density at radius 1 is 0.943 bits per heavy atom. The lowest BCUT2D eigenvalue weighted by Crippen LogP contribution is -2.54. The van der Waals surface area contributed by atoms with Crippen molar-refractivity contribution in [2.24, 2.45) is 0 Å². The van der Waals surface area contributed by atoms with E-state index >= 15 is 0 Å². The largest absolute Gasteiger partial charge is 0.497 e. The van der Waals surface area contributed by atoms with E-state index in [0.717, 1.165) is 16.1 Å². The molecular weight excluding hydrogens is 470 g/mol. The van der Waals surface area contributed by atoms with E-state index < -0.39 is 34.1 Å². The molecule has 192 valence electrons. The van der Waals surface area contributed by atoms with Crippen LogP contribution in [0.4, 0.5) is 5.69 Å². The van der Waals surface area contributed by atoms with E-state index in [4.69, 9.17) is 9.47 Å². The number of methoxy groups -OCH3 is 2. The van der Waals surface area contributed by atoms with E-state index in [1.807, 2.05) is 20.8 Å². The smallest absolute Gasteiger partial charge is 0.244 e. The molecule has 10 heteroatoms. The summed E-state index contributed by atoms with van der Waals surface area (Å²) >= 11 is 0. The summed E-state index contributed by atoms with van der Waals surface area (Å²) in [5, 5.41) is 2.89. The van der Waals surface area contributed by atoms with Gasteiger partial charge in [-0.15, -0.1) is 0 Å². The van der Waals surface area contributed by atoms with Crippen LogP contribution in [0.5, 0.6) is 11.5 Å². The SMILES string of the molecule is COc1ccc(CN(C(=O)CN(c2ccc(OC)cc2)S(C)(=O)=O)[C@H](C)C(=O)NC(C)(C)C)cc1. The number of hydrogen-bond donors (Lipinski definition) is 1. The van der Waals surface area contributed by atoms with Crippen LogP contribution in [0.2, 0.25) is 0 Å². The molecule has 0 spiro atoms. The van der Waals surface area contributed by atoms with E-state index in [9.17, 15) is 18.0 Å². The minimum atomic E-state index is -3.79. The van der Waals surface area contributed by atoms with Gasteiger partial charge in [-0.25, -0.2) is 8.42 Å². The molecule has 0 saturated heterocycles. The van der Waals surface area contributed by atoms with Crippen molar-refractivity contribution in [2.75, 3.05) is 31.3 Å². The van der Waals surface area contributed by atoms with Crippen molar-refractivity contribution in [3.05, 3.63) is 54.1 Å². The summed E-state index contributed by atoms with van der Waals surface area (Å²) < 4.78 is 36.5. The van der Waals surface area contributed by atoms with Gasteiger partial charge < -0.3 is 19.7 Å². The van der Waals surface area contributed by atoms with Crippen molar-refractivity contribution in [3.8, 4) is 11.5 Å². The van der Waals surface area contributed by atoms with E-state index in [1.54, 1.807) is 62.6 Å². The Bertz CT molecular complexity index is 1110. The zero-order valence-corrected chi connectivity index (χ0v) is 22.2. The highest BCUT2D eigenvalue weighted by Crippen LogP contribution is 2.22. The van der Waals surface area contributed by atoms with E-state index in [1.165, 1.54) is 12.0 Å². The van der Waals surface area contributed by atoms with Gasteiger partial charge in [0.15, 0.2) is 0 Å². The maximum absolute atomic E-state index is 13.5. The highest BCUT2D eigenvalue weighted by atomic mass is 32.2. The summed E-state index contributed by atoms with van der Waals surface area (Å²) in [6.45, 7) is 6.82. The standard InChI is InChI=1S/C25H35N3O6S/c1-18(24(30)26-25(2,3)4)27(16-19-8-12-21(33-5)13-9-19)23(29)17-28(35(7,31)32)20-10-14-22(34-6)15-11-20/h8-15,18H,16-17H2,1-7H3,(H,26,30)/t18-/m1/s1. The highest BCUT2D eigenvalue weighted by molar-refractivity contribution is 7.92. The Labute approximate surface area is 208 Å². The Morgan fingerprint density at radius 2 is 1.43 bits per heavy atom. The van der Waals surface area contributed by atoms with Crippen LogP contribution in [-0.2, 0) is 26.2 Å². The van der Waals surface area contributed by atoms with E-state index in [-0.39, 0.29) is 12.5 Å². The molecule has 2 aromatic carbocycles. The number of rotatable bonds is 10. The first kappa shape index (κ1) is 28.0. The number of ether oxygens (including phenoxy) is 2. The second kappa shape index (κ2) is 11.4. The van der Waals surface area contributed by atoms with E-state index in [2.05, 4.69) is 5.32 Å². The number of anilines is 1. The lowest BCUT2D eigenvalue weighted by molar-refractivity contribution is -0.140. The predicted molar refractivity (Wildman–Crippen MR) is 136 cm³/mol. The zero-order chi connectivity index (χ0) is 26.4. The molecule has 0 saturated carbocycles. The molecule has 0 fully saturated rings. The number of benzene rings is 2. The van der Waals surface area contributed by atoms with Gasteiger partial charge in [-0.1, -0.05) is 12.1 Å². The molecule has 35 heavy (non-hydrogen) atoms. The van der Waals surface area contributed by atoms with Crippen molar-refractivity contribution in [1.82, 2.24) is 10.2 Å². The van der Waals surface area contributed by atoms with Crippen LogP contribution in [0.1, 0.15) is 33.3 Å². The predicted octanol–water partition coefficient (Wildman–Crippen LogP) is 2.80. The van der Waals surface area contributed by atoms with Gasteiger partial charge in [0.05, 0.1) is 26.2 Å². The summed E-state index contributed by atoms with van der Waals surface area (Å²) in [7, 11) is -0.729. The number of carbonyl (C=O) groups excluding carboxylic acids is 2. The average molecular weight is 506 g/mol.